The van der Waals surface area contributed by atoms with Crippen LogP contribution in [0.25, 0.3) is 10.8 Å². The Labute approximate surface area is 139 Å². The van der Waals surface area contributed by atoms with Crippen LogP contribution in [0.5, 0.6) is 0 Å². The van der Waals surface area contributed by atoms with E-state index in [4.69, 9.17) is 5.11 Å². The van der Waals surface area contributed by atoms with E-state index >= 15 is 0 Å². The second-order valence-electron chi connectivity index (χ2n) is 5.52. The summed E-state index contributed by atoms with van der Waals surface area (Å²) in [6.07, 6.45) is 2.32. The van der Waals surface area contributed by atoms with E-state index in [0.29, 0.717) is 11.1 Å². The first-order chi connectivity index (χ1) is 11.6. The average Bonchev–Trinajstić information content (AvgIpc) is 2.60. The lowest BCUT2D eigenvalue weighted by Crippen LogP contribution is -2.24. The standard InChI is InChI=1S/C19H16N2O3/c1-12(21-19(23)24)13-5-7-14(8-6-13)18(22)17-4-2-3-15-11-20-10-9-16(15)17/h2-12,21H,1H3,(H,23,24)/t12-/m0/s1. The number of carboxylic acid groups (broad SMARTS) is 1. The van der Waals surface area contributed by atoms with Crippen molar-refractivity contribution in [1.29, 1.82) is 0 Å². The maximum atomic E-state index is 12.8. The van der Waals surface area contributed by atoms with Crippen LogP contribution in [0.4, 0.5) is 4.79 Å². The van der Waals surface area contributed by atoms with Crippen molar-refractivity contribution in [1.82, 2.24) is 10.3 Å². The molecule has 0 bridgehead atoms. The van der Waals surface area contributed by atoms with Gasteiger partial charge >= 0.3 is 6.09 Å². The van der Waals surface area contributed by atoms with Gasteiger partial charge < -0.3 is 10.4 Å². The molecule has 3 aromatic rings. The second-order valence-corrected chi connectivity index (χ2v) is 5.52. The summed E-state index contributed by atoms with van der Waals surface area (Å²) in [6, 6.07) is 14.0. The zero-order valence-corrected chi connectivity index (χ0v) is 13.1. The van der Waals surface area contributed by atoms with Gasteiger partial charge in [0.25, 0.3) is 0 Å². The van der Waals surface area contributed by atoms with Gasteiger partial charge in [0.05, 0.1) is 6.04 Å². The molecular weight excluding hydrogens is 304 g/mol. The second kappa shape index (κ2) is 6.50. The molecule has 1 atom stereocenters. The van der Waals surface area contributed by atoms with Crippen LogP contribution >= 0.6 is 0 Å². The number of hydrogen-bond donors (Lipinski definition) is 2. The van der Waals surface area contributed by atoms with Gasteiger partial charge in [-0.25, -0.2) is 4.79 Å². The molecule has 24 heavy (non-hydrogen) atoms. The summed E-state index contributed by atoms with van der Waals surface area (Å²) in [4.78, 5) is 27.6. The maximum absolute atomic E-state index is 12.8. The number of nitrogens with one attached hydrogen (secondary N) is 1. The first kappa shape index (κ1) is 15.7. The van der Waals surface area contributed by atoms with Gasteiger partial charge in [-0.05, 0) is 23.9 Å². The number of nitrogens with zero attached hydrogens (tertiary/aromatic N) is 1. The summed E-state index contributed by atoms with van der Waals surface area (Å²) < 4.78 is 0. The van der Waals surface area contributed by atoms with Crippen molar-refractivity contribution in [2.24, 2.45) is 0 Å². The molecular formula is C19H16N2O3. The number of fused-ring (bicyclic) bond motifs is 1. The number of ketones is 1. The summed E-state index contributed by atoms with van der Waals surface area (Å²) in [5.41, 5.74) is 1.99. The van der Waals surface area contributed by atoms with Crippen LogP contribution in [0, 0.1) is 0 Å². The Morgan fingerprint density at radius 1 is 1.08 bits per heavy atom. The number of aromatic nitrogens is 1. The Morgan fingerprint density at radius 3 is 2.54 bits per heavy atom. The fourth-order valence-corrected chi connectivity index (χ4v) is 2.67. The summed E-state index contributed by atoms with van der Waals surface area (Å²) >= 11 is 0. The molecule has 120 valence electrons. The van der Waals surface area contributed by atoms with Gasteiger partial charge in [0, 0.05) is 28.9 Å². The number of carbonyl (C=O) groups is 2. The van der Waals surface area contributed by atoms with Gasteiger partial charge in [0.1, 0.15) is 0 Å². The number of carbonyl (C=O) groups excluding carboxylic acids is 1. The van der Waals surface area contributed by atoms with Crippen molar-refractivity contribution in [2.45, 2.75) is 13.0 Å². The Balaban J connectivity index is 1.91. The number of benzene rings is 2. The molecule has 1 aromatic heterocycles. The topological polar surface area (TPSA) is 79.3 Å². The van der Waals surface area contributed by atoms with Crippen molar-refractivity contribution in [3.63, 3.8) is 0 Å². The smallest absolute Gasteiger partial charge is 0.405 e. The van der Waals surface area contributed by atoms with E-state index in [1.54, 1.807) is 49.6 Å². The molecule has 0 fully saturated rings. The molecule has 0 aliphatic carbocycles. The first-order valence-electron chi connectivity index (χ1n) is 7.53. The molecule has 2 N–H and O–H groups in total. The van der Waals surface area contributed by atoms with E-state index in [9.17, 15) is 9.59 Å². The van der Waals surface area contributed by atoms with Crippen molar-refractivity contribution >= 4 is 22.6 Å². The lowest BCUT2D eigenvalue weighted by Gasteiger charge is -2.12. The molecule has 0 saturated heterocycles. The number of rotatable bonds is 4. The molecule has 1 amide bonds. The Hall–Kier alpha value is -3.21. The molecule has 2 aromatic carbocycles. The fraction of sp³-hybridized carbons (Fsp3) is 0.105. The molecule has 5 nitrogen and oxygen atoms in total. The zero-order valence-electron chi connectivity index (χ0n) is 13.1. The van der Waals surface area contributed by atoms with Crippen molar-refractivity contribution < 1.29 is 14.7 Å². The maximum Gasteiger partial charge on any atom is 0.405 e. The molecule has 0 aliphatic heterocycles. The lowest BCUT2D eigenvalue weighted by molar-refractivity contribution is 0.104. The van der Waals surface area contributed by atoms with Crippen LogP contribution in [0.1, 0.15) is 34.5 Å². The molecule has 5 heteroatoms. The quantitative estimate of drug-likeness (QED) is 0.717. The summed E-state index contributed by atoms with van der Waals surface area (Å²) in [7, 11) is 0. The fourth-order valence-electron chi connectivity index (χ4n) is 2.67. The van der Waals surface area contributed by atoms with Crippen LogP contribution in [0.15, 0.2) is 60.9 Å². The number of hydrogen-bond acceptors (Lipinski definition) is 3. The van der Waals surface area contributed by atoms with E-state index in [1.165, 1.54) is 0 Å². The van der Waals surface area contributed by atoms with Gasteiger partial charge in [-0.15, -0.1) is 0 Å². The van der Waals surface area contributed by atoms with Crippen molar-refractivity contribution in [3.05, 3.63) is 77.6 Å². The molecule has 0 radical (unpaired) electrons. The molecule has 1 heterocycles. The van der Waals surface area contributed by atoms with Gasteiger partial charge in [0.2, 0.25) is 0 Å². The molecule has 0 aliphatic rings. The lowest BCUT2D eigenvalue weighted by atomic mass is 9.97. The predicted octanol–water partition coefficient (Wildman–Crippen LogP) is 3.79. The SMILES string of the molecule is C[C@H](NC(=O)O)c1ccc(C(=O)c2cccc3cnccc23)cc1. The molecule has 0 spiro atoms. The minimum atomic E-state index is -1.08. The van der Waals surface area contributed by atoms with Crippen LogP contribution in [0.3, 0.4) is 0 Å². The third-order valence-corrected chi connectivity index (χ3v) is 3.94. The highest BCUT2D eigenvalue weighted by Gasteiger charge is 2.14. The van der Waals surface area contributed by atoms with E-state index in [0.717, 1.165) is 16.3 Å². The average molecular weight is 320 g/mol. The van der Waals surface area contributed by atoms with Crippen LogP contribution < -0.4 is 5.32 Å². The van der Waals surface area contributed by atoms with Gasteiger partial charge in [-0.2, -0.15) is 0 Å². The Bertz CT molecular complexity index is 899. The largest absolute Gasteiger partial charge is 0.465 e. The third-order valence-electron chi connectivity index (χ3n) is 3.94. The van der Waals surface area contributed by atoms with Crippen LogP contribution in [-0.4, -0.2) is 22.0 Å². The molecule has 3 rings (SSSR count). The third kappa shape index (κ3) is 3.10. The zero-order chi connectivity index (χ0) is 17.1. The summed E-state index contributed by atoms with van der Waals surface area (Å²) in [6.45, 7) is 1.75. The van der Waals surface area contributed by atoms with Crippen molar-refractivity contribution in [2.75, 3.05) is 0 Å². The summed E-state index contributed by atoms with van der Waals surface area (Å²) in [5, 5.41) is 12.9. The van der Waals surface area contributed by atoms with Gasteiger partial charge in [-0.3, -0.25) is 9.78 Å². The highest BCUT2D eigenvalue weighted by atomic mass is 16.4. The normalized spacial score (nSPS) is 11.9. The van der Waals surface area contributed by atoms with E-state index < -0.39 is 6.09 Å². The number of pyridine rings is 1. The summed E-state index contributed by atoms with van der Waals surface area (Å²) in [5.74, 6) is -0.0720. The number of amides is 1. The molecule has 0 unspecified atom stereocenters. The highest BCUT2D eigenvalue weighted by molar-refractivity contribution is 6.16. The van der Waals surface area contributed by atoms with Crippen LogP contribution in [0.2, 0.25) is 0 Å². The van der Waals surface area contributed by atoms with E-state index in [2.05, 4.69) is 10.3 Å². The van der Waals surface area contributed by atoms with Gasteiger partial charge in [-0.1, -0.05) is 42.5 Å². The van der Waals surface area contributed by atoms with E-state index in [1.807, 2.05) is 18.2 Å². The molecule has 0 saturated carbocycles. The first-order valence-corrected chi connectivity index (χ1v) is 7.53. The van der Waals surface area contributed by atoms with Crippen molar-refractivity contribution in [3.8, 4) is 0 Å². The minimum Gasteiger partial charge on any atom is -0.465 e. The Kier molecular flexibility index (Phi) is 4.24. The monoisotopic (exact) mass is 320 g/mol. The van der Waals surface area contributed by atoms with Crippen LogP contribution in [-0.2, 0) is 0 Å². The van der Waals surface area contributed by atoms with E-state index in [-0.39, 0.29) is 11.8 Å². The minimum absolute atomic E-state index is 0.0720. The predicted molar refractivity (Wildman–Crippen MR) is 91.2 cm³/mol. The van der Waals surface area contributed by atoms with Gasteiger partial charge in [0.15, 0.2) is 5.78 Å². The highest BCUT2D eigenvalue weighted by Crippen LogP contribution is 2.21. The Morgan fingerprint density at radius 2 is 1.83 bits per heavy atom.